The molecule has 0 aliphatic carbocycles. The van der Waals surface area contributed by atoms with Crippen LogP contribution in [0.5, 0.6) is 5.75 Å². The Morgan fingerprint density at radius 1 is 1.37 bits per heavy atom. The van der Waals surface area contributed by atoms with Crippen LogP contribution in [0, 0.1) is 0 Å². The summed E-state index contributed by atoms with van der Waals surface area (Å²) in [4.78, 5) is 12.0. The molecule has 0 aliphatic rings. The molecule has 1 aromatic rings. The van der Waals surface area contributed by atoms with E-state index >= 15 is 0 Å². The Balaban J connectivity index is 2.43. The second kappa shape index (κ2) is 8.32. The number of rotatable bonds is 8. The lowest BCUT2D eigenvalue weighted by molar-refractivity contribution is 0.0923. The van der Waals surface area contributed by atoms with Gasteiger partial charge in [-0.15, -0.1) is 0 Å². The van der Waals surface area contributed by atoms with Crippen molar-refractivity contribution in [3.05, 3.63) is 42.0 Å². The summed E-state index contributed by atoms with van der Waals surface area (Å²) >= 11 is 0. The van der Waals surface area contributed by atoms with Crippen molar-refractivity contribution >= 4 is 5.91 Å². The van der Waals surface area contributed by atoms with E-state index in [1.807, 2.05) is 26.0 Å². The fourth-order valence-corrected chi connectivity index (χ4v) is 1.51. The molecule has 0 atom stereocenters. The second-order valence-corrected chi connectivity index (χ2v) is 4.19. The number of carbonyl (C=O) groups excluding carboxylic acids is 1. The van der Waals surface area contributed by atoms with Gasteiger partial charge in [0.1, 0.15) is 5.75 Å². The molecule has 19 heavy (non-hydrogen) atoms. The Bertz CT molecular complexity index is 429. The van der Waals surface area contributed by atoms with Crippen molar-refractivity contribution in [3.8, 4) is 5.75 Å². The number of benzene rings is 1. The summed E-state index contributed by atoms with van der Waals surface area (Å²) in [6, 6.07) is 7.19. The molecule has 4 nitrogen and oxygen atoms in total. The summed E-state index contributed by atoms with van der Waals surface area (Å²) in [6.45, 7) is 9.51. The van der Waals surface area contributed by atoms with Gasteiger partial charge in [0.25, 0.3) is 5.91 Å². The summed E-state index contributed by atoms with van der Waals surface area (Å²) in [6.07, 6.45) is 0. The molecule has 0 saturated heterocycles. The lowest BCUT2D eigenvalue weighted by atomic mass is 10.2. The van der Waals surface area contributed by atoms with Crippen LogP contribution < -0.4 is 10.1 Å². The molecule has 1 N–H and O–H groups in total. The van der Waals surface area contributed by atoms with E-state index in [0.29, 0.717) is 37.7 Å². The monoisotopic (exact) mass is 263 g/mol. The summed E-state index contributed by atoms with van der Waals surface area (Å²) in [5, 5.41) is 2.80. The summed E-state index contributed by atoms with van der Waals surface area (Å²) in [5.74, 6) is 0.452. The van der Waals surface area contributed by atoms with Gasteiger partial charge in [0, 0.05) is 6.54 Å². The molecule has 0 unspecified atom stereocenters. The van der Waals surface area contributed by atoms with Crippen molar-refractivity contribution < 1.29 is 14.3 Å². The van der Waals surface area contributed by atoms with Gasteiger partial charge in [-0.2, -0.15) is 0 Å². The minimum atomic E-state index is -0.150. The Hall–Kier alpha value is -1.81. The minimum Gasteiger partial charge on any atom is -0.493 e. The van der Waals surface area contributed by atoms with E-state index in [4.69, 9.17) is 9.47 Å². The Morgan fingerprint density at radius 2 is 2.11 bits per heavy atom. The highest BCUT2D eigenvalue weighted by Gasteiger charge is 2.10. The van der Waals surface area contributed by atoms with Gasteiger partial charge in [-0.25, -0.2) is 0 Å². The predicted molar refractivity (Wildman–Crippen MR) is 75.6 cm³/mol. The van der Waals surface area contributed by atoms with Crippen molar-refractivity contribution in [3.63, 3.8) is 0 Å². The van der Waals surface area contributed by atoms with Gasteiger partial charge in [-0.3, -0.25) is 4.79 Å². The largest absolute Gasteiger partial charge is 0.493 e. The zero-order chi connectivity index (χ0) is 14.1. The standard InChI is InChI=1S/C15H21NO3/c1-4-19-14-8-6-5-7-13(14)15(17)16-9-10-18-11-12(2)3/h5-8H,2,4,9-11H2,1,3H3,(H,16,17). The van der Waals surface area contributed by atoms with Gasteiger partial charge in [0.2, 0.25) is 0 Å². The van der Waals surface area contributed by atoms with Crippen molar-refractivity contribution in [2.75, 3.05) is 26.4 Å². The van der Waals surface area contributed by atoms with Gasteiger partial charge in [-0.05, 0) is 26.0 Å². The third kappa shape index (κ3) is 5.57. The molecular formula is C15H21NO3. The van der Waals surface area contributed by atoms with Crippen molar-refractivity contribution in [2.24, 2.45) is 0 Å². The number of carbonyl (C=O) groups is 1. The predicted octanol–water partition coefficient (Wildman–Crippen LogP) is 2.41. The van der Waals surface area contributed by atoms with E-state index in [2.05, 4.69) is 11.9 Å². The first kappa shape index (κ1) is 15.2. The maximum Gasteiger partial charge on any atom is 0.255 e. The Morgan fingerprint density at radius 3 is 2.79 bits per heavy atom. The van der Waals surface area contributed by atoms with Crippen molar-refractivity contribution in [2.45, 2.75) is 13.8 Å². The minimum absolute atomic E-state index is 0.150. The maximum absolute atomic E-state index is 12.0. The molecule has 1 rings (SSSR count). The van der Waals surface area contributed by atoms with Crippen LogP contribution in [0.25, 0.3) is 0 Å². The highest BCUT2D eigenvalue weighted by atomic mass is 16.5. The molecule has 0 heterocycles. The van der Waals surface area contributed by atoms with Crippen LogP contribution >= 0.6 is 0 Å². The van der Waals surface area contributed by atoms with Crippen molar-refractivity contribution in [1.82, 2.24) is 5.32 Å². The molecule has 0 fully saturated rings. The first-order chi connectivity index (χ1) is 9.15. The van der Waals surface area contributed by atoms with Gasteiger partial charge < -0.3 is 14.8 Å². The van der Waals surface area contributed by atoms with Crippen LogP contribution in [0.15, 0.2) is 36.4 Å². The number of ether oxygens (including phenoxy) is 2. The van der Waals surface area contributed by atoms with E-state index in [9.17, 15) is 4.79 Å². The van der Waals surface area contributed by atoms with Crippen LogP contribution in [0.3, 0.4) is 0 Å². The average molecular weight is 263 g/mol. The maximum atomic E-state index is 12.0. The van der Waals surface area contributed by atoms with E-state index in [-0.39, 0.29) is 5.91 Å². The normalized spacial score (nSPS) is 10.0. The molecular weight excluding hydrogens is 242 g/mol. The second-order valence-electron chi connectivity index (χ2n) is 4.19. The third-order valence-electron chi connectivity index (χ3n) is 2.31. The first-order valence-electron chi connectivity index (χ1n) is 6.37. The number of amides is 1. The molecule has 1 aromatic carbocycles. The smallest absolute Gasteiger partial charge is 0.255 e. The highest BCUT2D eigenvalue weighted by molar-refractivity contribution is 5.96. The summed E-state index contributed by atoms with van der Waals surface area (Å²) in [5.41, 5.74) is 1.51. The van der Waals surface area contributed by atoms with Gasteiger partial charge in [0.15, 0.2) is 0 Å². The van der Waals surface area contributed by atoms with E-state index in [1.54, 1.807) is 12.1 Å². The average Bonchev–Trinajstić information content (AvgIpc) is 2.39. The van der Waals surface area contributed by atoms with E-state index in [0.717, 1.165) is 5.57 Å². The lowest BCUT2D eigenvalue weighted by Gasteiger charge is -2.10. The number of hydrogen-bond acceptors (Lipinski definition) is 3. The lowest BCUT2D eigenvalue weighted by Crippen LogP contribution is -2.27. The number of para-hydroxylation sites is 1. The van der Waals surface area contributed by atoms with Crippen molar-refractivity contribution in [1.29, 1.82) is 0 Å². The highest BCUT2D eigenvalue weighted by Crippen LogP contribution is 2.17. The molecule has 0 bridgehead atoms. The molecule has 0 saturated carbocycles. The first-order valence-corrected chi connectivity index (χ1v) is 6.37. The molecule has 0 spiro atoms. The van der Waals surface area contributed by atoms with E-state index < -0.39 is 0 Å². The molecule has 0 radical (unpaired) electrons. The molecule has 0 aromatic heterocycles. The number of hydrogen-bond donors (Lipinski definition) is 1. The van der Waals surface area contributed by atoms with Gasteiger partial charge in [0.05, 0.1) is 25.4 Å². The fourth-order valence-electron chi connectivity index (χ4n) is 1.51. The molecule has 104 valence electrons. The zero-order valence-electron chi connectivity index (χ0n) is 11.6. The summed E-state index contributed by atoms with van der Waals surface area (Å²) in [7, 11) is 0. The number of nitrogens with one attached hydrogen (secondary N) is 1. The summed E-state index contributed by atoms with van der Waals surface area (Å²) < 4.78 is 10.7. The molecule has 4 heteroatoms. The molecule has 1 amide bonds. The quantitative estimate of drug-likeness (QED) is 0.579. The fraction of sp³-hybridized carbons (Fsp3) is 0.400. The van der Waals surface area contributed by atoms with E-state index in [1.165, 1.54) is 0 Å². The topological polar surface area (TPSA) is 47.6 Å². The Labute approximate surface area is 114 Å². The van der Waals surface area contributed by atoms with Crippen LogP contribution in [0.4, 0.5) is 0 Å². The van der Waals surface area contributed by atoms with Gasteiger partial charge >= 0.3 is 0 Å². The van der Waals surface area contributed by atoms with Crippen LogP contribution in [-0.4, -0.2) is 32.3 Å². The SMILES string of the molecule is C=C(C)COCCNC(=O)c1ccccc1OCC. The zero-order valence-corrected chi connectivity index (χ0v) is 11.6. The third-order valence-corrected chi connectivity index (χ3v) is 2.31. The van der Waals surface area contributed by atoms with Crippen LogP contribution in [-0.2, 0) is 4.74 Å². The van der Waals surface area contributed by atoms with Gasteiger partial charge in [-0.1, -0.05) is 24.3 Å². The Kier molecular flexibility index (Phi) is 6.68. The van der Waals surface area contributed by atoms with Crippen LogP contribution in [0.1, 0.15) is 24.2 Å². The van der Waals surface area contributed by atoms with Crippen LogP contribution in [0.2, 0.25) is 0 Å². The molecule has 0 aliphatic heterocycles.